The number of thioether (sulfide) groups is 1. The van der Waals surface area contributed by atoms with Crippen LogP contribution in [-0.4, -0.2) is 35.2 Å². The first-order valence-corrected chi connectivity index (χ1v) is 13.3. The third kappa shape index (κ3) is 7.00. The Kier molecular flexibility index (Phi) is 9.69. The number of ether oxygens (including phenoxy) is 1. The second-order valence-corrected chi connectivity index (χ2v) is 10.6. The maximum absolute atomic E-state index is 13.7. The molecule has 2 unspecified atom stereocenters. The van der Waals surface area contributed by atoms with Crippen LogP contribution in [0, 0.1) is 5.92 Å². The van der Waals surface area contributed by atoms with Gasteiger partial charge in [0.1, 0.15) is 11.4 Å². The summed E-state index contributed by atoms with van der Waals surface area (Å²) in [5.41, 5.74) is 2.73. The predicted molar refractivity (Wildman–Crippen MR) is 137 cm³/mol. The average molecular weight is 488 g/mol. The van der Waals surface area contributed by atoms with Gasteiger partial charge in [-0.2, -0.15) is 0 Å². The van der Waals surface area contributed by atoms with Crippen LogP contribution in [0.2, 0.25) is 5.02 Å². The van der Waals surface area contributed by atoms with Gasteiger partial charge in [0, 0.05) is 16.3 Å². The van der Waals surface area contributed by atoms with Gasteiger partial charge in [-0.3, -0.25) is 4.79 Å². The molecule has 0 aromatic heterocycles. The zero-order valence-corrected chi connectivity index (χ0v) is 21.3. The van der Waals surface area contributed by atoms with Gasteiger partial charge in [-0.1, -0.05) is 75.9 Å². The Morgan fingerprint density at radius 3 is 2.55 bits per heavy atom. The third-order valence-corrected chi connectivity index (χ3v) is 7.28. The number of carbonyl (C=O) groups is 2. The summed E-state index contributed by atoms with van der Waals surface area (Å²) in [5, 5.41) is 0.320. The molecule has 1 fully saturated rings. The van der Waals surface area contributed by atoms with E-state index >= 15 is 0 Å². The molecule has 1 aliphatic heterocycles. The highest BCUT2D eigenvalue weighted by atomic mass is 35.5. The van der Waals surface area contributed by atoms with Gasteiger partial charge in [0.25, 0.3) is 5.91 Å². The zero-order valence-electron chi connectivity index (χ0n) is 19.8. The lowest BCUT2D eigenvalue weighted by molar-refractivity contribution is -0.149. The van der Waals surface area contributed by atoms with Gasteiger partial charge >= 0.3 is 5.97 Å². The van der Waals surface area contributed by atoms with Crippen molar-refractivity contribution in [1.29, 1.82) is 0 Å². The normalized spacial score (nSPS) is 18.0. The second-order valence-electron chi connectivity index (χ2n) is 9.00. The molecule has 2 atom stereocenters. The molecule has 4 nitrogen and oxygen atoms in total. The summed E-state index contributed by atoms with van der Waals surface area (Å²) in [6, 6.07) is 14.7. The first-order chi connectivity index (χ1) is 15.9. The van der Waals surface area contributed by atoms with E-state index in [2.05, 4.69) is 6.92 Å². The SMILES string of the molecule is CCCCCCc1ccc(C(=O)N2C(C(=O)OCC(C)C)CSC2c2cccc(Cl)c2)cc1. The van der Waals surface area contributed by atoms with Gasteiger partial charge in [0.2, 0.25) is 0 Å². The summed E-state index contributed by atoms with van der Waals surface area (Å²) in [4.78, 5) is 28.2. The molecule has 1 saturated heterocycles. The third-order valence-electron chi connectivity index (χ3n) is 5.72. The number of unbranched alkanes of at least 4 members (excludes halogenated alkanes) is 3. The van der Waals surface area contributed by atoms with Crippen LogP contribution < -0.4 is 0 Å². The Labute approximate surface area is 207 Å². The number of hydrogen-bond acceptors (Lipinski definition) is 4. The summed E-state index contributed by atoms with van der Waals surface area (Å²) in [6.07, 6.45) is 5.87. The molecular formula is C27H34ClNO3S. The van der Waals surface area contributed by atoms with E-state index in [0.29, 0.717) is 22.9 Å². The highest BCUT2D eigenvalue weighted by molar-refractivity contribution is 7.99. The van der Waals surface area contributed by atoms with Gasteiger partial charge in [0.05, 0.1) is 6.61 Å². The molecule has 33 heavy (non-hydrogen) atoms. The number of esters is 1. The average Bonchev–Trinajstić information content (AvgIpc) is 3.25. The molecule has 3 rings (SSSR count). The smallest absolute Gasteiger partial charge is 0.329 e. The van der Waals surface area contributed by atoms with Crippen LogP contribution in [0.1, 0.15) is 73.3 Å². The summed E-state index contributed by atoms with van der Waals surface area (Å²) in [6.45, 7) is 6.55. The lowest BCUT2D eigenvalue weighted by Gasteiger charge is -2.29. The van der Waals surface area contributed by atoms with Crippen molar-refractivity contribution >= 4 is 35.2 Å². The Morgan fingerprint density at radius 1 is 1.12 bits per heavy atom. The first kappa shape index (κ1) is 25.6. The number of nitrogens with zero attached hydrogens (tertiary/aromatic N) is 1. The van der Waals surface area contributed by atoms with E-state index in [4.69, 9.17) is 16.3 Å². The Morgan fingerprint density at radius 2 is 1.88 bits per heavy atom. The molecule has 2 aromatic rings. The van der Waals surface area contributed by atoms with Crippen LogP contribution in [0.15, 0.2) is 48.5 Å². The standard InChI is InChI=1S/C27H34ClNO3S/c1-4-5-6-7-9-20-12-14-21(15-13-20)25(30)29-24(27(31)32-17-19(2)3)18-33-26(29)22-10-8-11-23(28)16-22/h8,10-16,19,24,26H,4-7,9,17-18H2,1-3H3. The number of benzene rings is 2. The summed E-state index contributed by atoms with van der Waals surface area (Å²) in [7, 11) is 0. The number of aryl methyl sites for hydroxylation is 1. The van der Waals surface area contributed by atoms with Gasteiger partial charge in [0.15, 0.2) is 0 Å². The van der Waals surface area contributed by atoms with Crippen molar-refractivity contribution in [2.45, 2.75) is 64.3 Å². The van der Waals surface area contributed by atoms with Crippen molar-refractivity contribution in [3.05, 3.63) is 70.2 Å². The summed E-state index contributed by atoms with van der Waals surface area (Å²) < 4.78 is 5.52. The van der Waals surface area contributed by atoms with Crippen molar-refractivity contribution in [2.75, 3.05) is 12.4 Å². The van der Waals surface area contributed by atoms with Crippen LogP contribution in [0.25, 0.3) is 0 Å². The molecule has 0 saturated carbocycles. The zero-order chi connectivity index (χ0) is 23.8. The fourth-order valence-electron chi connectivity index (χ4n) is 3.92. The van der Waals surface area contributed by atoms with E-state index in [1.54, 1.807) is 16.7 Å². The highest BCUT2D eigenvalue weighted by Crippen LogP contribution is 2.43. The highest BCUT2D eigenvalue weighted by Gasteiger charge is 2.43. The van der Waals surface area contributed by atoms with Gasteiger partial charge < -0.3 is 9.64 Å². The van der Waals surface area contributed by atoms with Crippen LogP contribution in [0.3, 0.4) is 0 Å². The fourth-order valence-corrected chi connectivity index (χ4v) is 5.52. The van der Waals surface area contributed by atoms with Gasteiger partial charge in [-0.25, -0.2) is 4.79 Å². The summed E-state index contributed by atoms with van der Waals surface area (Å²) in [5.74, 6) is 0.228. The molecule has 0 radical (unpaired) electrons. The number of carbonyl (C=O) groups excluding carboxylic acids is 2. The Balaban J connectivity index is 1.81. The van der Waals surface area contributed by atoms with Crippen LogP contribution >= 0.6 is 23.4 Å². The molecule has 178 valence electrons. The molecule has 0 bridgehead atoms. The monoisotopic (exact) mass is 487 g/mol. The van der Waals surface area contributed by atoms with E-state index in [0.717, 1.165) is 18.4 Å². The molecule has 1 amide bonds. The van der Waals surface area contributed by atoms with E-state index in [-0.39, 0.29) is 23.2 Å². The number of halogens is 1. The van der Waals surface area contributed by atoms with E-state index in [1.807, 2.05) is 62.4 Å². The lowest BCUT2D eigenvalue weighted by atomic mass is 10.0. The molecule has 2 aromatic carbocycles. The van der Waals surface area contributed by atoms with Crippen molar-refractivity contribution in [1.82, 2.24) is 4.90 Å². The Hall–Kier alpha value is -1.98. The largest absolute Gasteiger partial charge is 0.464 e. The van der Waals surface area contributed by atoms with E-state index in [1.165, 1.54) is 24.8 Å². The molecular weight excluding hydrogens is 454 g/mol. The molecule has 1 heterocycles. The molecule has 1 aliphatic rings. The topological polar surface area (TPSA) is 46.6 Å². The maximum atomic E-state index is 13.7. The minimum Gasteiger partial charge on any atom is -0.464 e. The second kappa shape index (κ2) is 12.5. The molecule has 0 N–H and O–H groups in total. The van der Waals surface area contributed by atoms with E-state index < -0.39 is 6.04 Å². The van der Waals surface area contributed by atoms with Gasteiger partial charge in [-0.15, -0.1) is 11.8 Å². The minimum absolute atomic E-state index is 0.158. The fraction of sp³-hybridized carbons (Fsp3) is 0.481. The maximum Gasteiger partial charge on any atom is 0.329 e. The first-order valence-electron chi connectivity index (χ1n) is 11.9. The van der Waals surface area contributed by atoms with Crippen molar-refractivity contribution in [3.8, 4) is 0 Å². The predicted octanol–water partition coefficient (Wildman–Crippen LogP) is 6.92. The van der Waals surface area contributed by atoms with Crippen molar-refractivity contribution < 1.29 is 14.3 Å². The quantitative estimate of drug-likeness (QED) is 0.269. The lowest BCUT2D eigenvalue weighted by Crippen LogP contribution is -2.44. The number of rotatable bonds is 10. The minimum atomic E-state index is -0.626. The number of amides is 1. The molecule has 0 spiro atoms. The van der Waals surface area contributed by atoms with Crippen molar-refractivity contribution in [3.63, 3.8) is 0 Å². The summed E-state index contributed by atoms with van der Waals surface area (Å²) >= 11 is 7.80. The number of hydrogen-bond donors (Lipinski definition) is 0. The van der Waals surface area contributed by atoms with Crippen LogP contribution in [-0.2, 0) is 16.0 Å². The van der Waals surface area contributed by atoms with Crippen molar-refractivity contribution in [2.24, 2.45) is 5.92 Å². The van der Waals surface area contributed by atoms with Gasteiger partial charge in [-0.05, 0) is 54.2 Å². The van der Waals surface area contributed by atoms with Crippen LogP contribution in [0.4, 0.5) is 0 Å². The van der Waals surface area contributed by atoms with Crippen LogP contribution in [0.5, 0.6) is 0 Å². The molecule has 0 aliphatic carbocycles. The Bertz CT molecular complexity index is 931. The molecule has 6 heteroatoms. The van der Waals surface area contributed by atoms with E-state index in [9.17, 15) is 9.59 Å².